The highest BCUT2D eigenvalue weighted by Gasteiger charge is 2.24. The number of benzene rings is 2. The number of amides is 1. The van der Waals surface area contributed by atoms with Crippen molar-refractivity contribution in [3.63, 3.8) is 0 Å². The number of esters is 1. The number of oxazole rings is 1. The van der Waals surface area contributed by atoms with Crippen LogP contribution in [0.5, 0.6) is 0 Å². The molecule has 0 aliphatic rings. The van der Waals surface area contributed by atoms with Gasteiger partial charge in [-0.1, -0.05) is 24.3 Å². The molecule has 2 aromatic carbocycles. The lowest BCUT2D eigenvalue weighted by atomic mass is 10.2. The van der Waals surface area contributed by atoms with Crippen molar-refractivity contribution < 1.29 is 18.7 Å². The molecule has 140 valence electrons. The fourth-order valence-electron chi connectivity index (χ4n) is 2.47. The highest BCUT2D eigenvalue weighted by Crippen LogP contribution is 2.22. The average molecular weight is 375 g/mol. The first kappa shape index (κ1) is 18.9. The van der Waals surface area contributed by atoms with Crippen molar-refractivity contribution >= 4 is 17.6 Å². The van der Waals surface area contributed by atoms with Gasteiger partial charge in [0.2, 0.25) is 5.89 Å². The summed E-state index contributed by atoms with van der Waals surface area (Å²) >= 11 is 0. The molecule has 0 saturated carbocycles. The molecule has 1 amide bonds. The van der Waals surface area contributed by atoms with Crippen molar-refractivity contribution in [3.05, 3.63) is 71.6 Å². The van der Waals surface area contributed by atoms with Crippen LogP contribution in [-0.4, -0.2) is 23.0 Å². The molecular formula is C21H17N3O4. The third kappa shape index (κ3) is 4.24. The van der Waals surface area contributed by atoms with Crippen LogP contribution in [0.1, 0.15) is 28.7 Å². The molecule has 0 aliphatic heterocycles. The van der Waals surface area contributed by atoms with Crippen LogP contribution in [0.3, 0.4) is 0 Å². The quantitative estimate of drug-likeness (QED) is 0.682. The zero-order valence-corrected chi connectivity index (χ0v) is 15.3. The molecule has 0 fully saturated rings. The fourth-order valence-corrected chi connectivity index (χ4v) is 2.47. The summed E-state index contributed by atoms with van der Waals surface area (Å²) in [5.74, 6) is -0.668. The molecule has 0 bridgehead atoms. The highest BCUT2D eigenvalue weighted by molar-refractivity contribution is 5.97. The Labute approximate surface area is 161 Å². The summed E-state index contributed by atoms with van der Waals surface area (Å²) in [6, 6.07) is 17.6. The van der Waals surface area contributed by atoms with Gasteiger partial charge in [-0.25, -0.2) is 9.78 Å². The molecule has 3 rings (SSSR count). The smallest absolute Gasteiger partial charge is 0.361 e. The molecule has 1 aromatic heterocycles. The lowest BCUT2D eigenvalue weighted by Gasteiger charge is -2.13. The van der Waals surface area contributed by atoms with Crippen LogP contribution in [0, 0.1) is 18.3 Å². The molecular weight excluding hydrogens is 358 g/mol. The molecule has 3 aromatic rings. The van der Waals surface area contributed by atoms with Crippen LogP contribution < -0.4 is 5.32 Å². The van der Waals surface area contributed by atoms with Gasteiger partial charge in [0, 0.05) is 11.3 Å². The summed E-state index contributed by atoms with van der Waals surface area (Å²) < 4.78 is 10.8. The van der Waals surface area contributed by atoms with Crippen LogP contribution in [0.25, 0.3) is 11.5 Å². The Morgan fingerprint density at radius 2 is 1.93 bits per heavy atom. The SMILES string of the molecule is Cc1oc(-c2ccccc2)nc1C(=O)O[C@H](C)C(=O)Nc1cccc(C#N)c1. The fraction of sp³-hybridized carbons (Fsp3) is 0.143. The normalized spacial score (nSPS) is 11.3. The number of ether oxygens (including phenoxy) is 1. The summed E-state index contributed by atoms with van der Waals surface area (Å²) in [4.78, 5) is 28.9. The lowest BCUT2D eigenvalue weighted by molar-refractivity contribution is -0.123. The van der Waals surface area contributed by atoms with Gasteiger partial charge >= 0.3 is 5.97 Å². The number of nitriles is 1. The Morgan fingerprint density at radius 3 is 2.64 bits per heavy atom. The van der Waals surface area contributed by atoms with Crippen molar-refractivity contribution in [2.24, 2.45) is 0 Å². The minimum Gasteiger partial charge on any atom is -0.448 e. The number of carbonyl (C=O) groups excluding carboxylic acids is 2. The van der Waals surface area contributed by atoms with E-state index in [0.717, 1.165) is 5.56 Å². The van der Waals surface area contributed by atoms with Gasteiger partial charge in [-0.15, -0.1) is 0 Å². The van der Waals surface area contributed by atoms with Gasteiger partial charge in [0.15, 0.2) is 11.8 Å². The number of aryl methyl sites for hydroxylation is 1. The van der Waals surface area contributed by atoms with Crippen molar-refractivity contribution in [3.8, 4) is 17.5 Å². The summed E-state index contributed by atoms with van der Waals surface area (Å²) in [5, 5.41) is 11.5. The molecule has 28 heavy (non-hydrogen) atoms. The summed E-state index contributed by atoms with van der Waals surface area (Å²) in [6.07, 6.45) is -1.06. The second kappa shape index (κ2) is 8.18. The van der Waals surface area contributed by atoms with Gasteiger partial charge in [-0.2, -0.15) is 5.26 Å². The first-order valence-corrected chi connectivity index (χ1v) is 8.53. The van der Waals surface area contributed by atoms with E-state index in [1.54, 1.807) is 25.1 Å². The van der Waals surface area contributed by atoms with Crippen molar-refractivity contribution in [1.29, 1.82) is 5.26 Å². The van der Waals surface area contributed by atoms with Crippen LogP contribution in [0.4, 0.5) is 5.69 Å². The minimum absolute atomic E-state index is 0.0185. The number of nitrogens with zero attached hydrogens (tertiary/aromatic N) is 2. The lowest BCUT2D eigenvalue weighted by Crippen LogP contribution is -2.30. The standard InChI is InChI=1S/C21H17N3O4/c1-13-18(24-20(27-13)16-8-4-3-5-9-16)21(26)28-14(2)19(25)23-17-10-6-7-15(11-17)12-22/h3-11,14H,1-2H3,(H,23,25)/t14-/m1/s1. The second-order valence-corrected chi connectivity index (χ2v) is 6.02. The summed E-state index contributed by atoms with van der Waals surface area (Å²) in [6.45, 7) is 3.06. The predicted octanol–water partition coefficient (Wildman–Crippen LogP) is 3.71. The van der Waals surface area contributed by atoms with Crippen molar-refractivity contribution in [1.82, 2.24) is 4.98 Å². The molecule has 0 aliphatic carbocycles. The zero-order chi connectivity index (χ0) is 20.1. The van der Waals surface area contributed by atoms with E-state index in [2.05, 4.69) is 10.3 Å². The van der Waals surface area contributed by atoms with Crippen molar-refractivity contribution in [2.45, 2.75) is 20.0 Å². The molecule has 0 saturated heterocycles. The van der Waals surface area contributed by atoms with E-state index in [1.165, 1.54) is 13.0 Å². The summed E-state index contributed by atoms with van der Waals surface area (Å²) in [5.41, 5.74) is 1.60. The molecule has 0 unspecified atom stereocenters. The number of rotatable bonds is 5. The third-order valence-electron chi connectivity index (χ3n) is 3.92. The zero-order valence-electron chi connectivity index (χ0n) is 15.3. The Morgan fingerprint density at radius 1 is 1.18 bits per heavy atom. The number of hydrogen-bond acceptors (Lipinski definition) is 6. The maximum Gasteiger partial charge on any atom is 0.361 e. The average Bonchev–Trinajstić information content (AvgIpc) is 3.10. The molecule has 7 heteroatoms. The number of aromatic nitrogens is 1. The van der Waals surface area contributed by atoms with Gasteiger partial charge in [-0.05, 0) is 44.2 Å². The van der Waals surface area contributed by atoms with E-state index < -0.39 is 18.0 Å². The third-order valence-corrected chi connectivity index (χ3v) is 3.92. The van der Waals surface area contributed by atoms with Gasteiger partial charge < -0.3 is 14.5 Å². The van der Waals surface area contributed by atoms with Crippen molar-refractivity contribution in [2.75, 3.05) is 5.32 Å². The monoisotopic (exact) mass is 375 g/mol. The van der Waals surface area contributed by atoms with E-state index in [1.807, 2.05) is 36.4 Å². The largest absolute Gasteiger partial charge is 0.448 e. The molecule has 1 N–H and O–H groups in total. The number of nitrogens with one attached hydrogen (secondary N) is 1. The molecule has 0 spiro atoms. The Hall–Kier alpha value is -3.92. The Bertz CT molecular complexity index is 1050. The highest BCUT2D eigenvalue weighted by atomic mass is 16.5. The number of anilines is 1. The van der Waals surface area contributed by atoms with Gasteiger partial charge in [-0.3, -0.25) is 4.79 Å². The minimum atomic E-state index is -1.06. The Balaban J connectivity index is 1.68. The molecule has 1 atom stereocenters. The maximum atomic E-state index is 12.4. The van der Waals surface area contributed by atoms with E-state index >= 15 is 0 Å². The van der Waals surface area contributed by atoms with Crippen LogP contribution in [-0.2, 0) is 9.53 Å². The number of carbonyl (C=O) groups is 2. The molecule has 0 radical (unpaired) electrons. The first-order valence-electron chi connectivity index (χ1n) is 8.53. The van der Waals surface area contributed by atoms with Gasteiger partial charge in [0.05, 0.1) is 11.6 Å². The van der Waals surface area contributed by atoms with E-state index in [-0.39, 0.29) is 5.69 Å². The Kier molecular flexibility index (Phi) is 5.51. The molecule has 7 nitrogen and oxygen atoms in total. The van der Waals surface area contributed by atoms with E-state index in [0.29, 0.717) is 22.9 Å². The van der Waals surface area contributed by atoms with Gasteiger partial charge in [0.1, 0.15) is 5.76 Å². The second-order valence-electron chi connectivity index (χ2n) is 6.02. The van der Waals surface area contributed by atoms with E-state index in [9.17, 15) is 9.59 Å². The van der Waals surface area contributed by atoms with Gasteiger partial charge in [0.25, 0.3) is 5.91 Å². The van der Waals surface area contributed by atoms with Crippen LogP contribution in [0.2, 0.25) is 0 Å². The maximum absolute atomic E-state index is 12.4. The first-order chi connectivity index (χ1) is 13.5. The molecule has 1 heterocycles. The number of hydrogen-bond donors (Lipinski definition) is 1. The topological polar surface area (TPSA) is 105 Å². The van der Waals surface area contributed by atoms with E-state index in [4.69, 9.17) is 14.4 Å². The van der Waals surface area contributed by atoms with Crippen LogP contribution >= 0.6 is 0 Å². The van der Waals surface area contributed by atoms with Crippen LogP contribution in [0.15, 0.2) is 59.0 Å². The predicted molar refractivity (Wildman–Crippen MR) is 101 cm³/mol. The summed E-state index contributed by atoms with van der Waals surface area (Å²) in [7, 11) is 0.